The van der Waals surface area contributed by atoms with Gasteiger partial charge in [0.05, 0.1) is 23.2 Å². The molecule has 4 rings (SSSR count). The maximum absolute atomic E-state index is 13.3. The first-order valence-corrected chi connectivity index (χ1v) is 9.15. The molecule has 1 N–H and O–H groups in total. The van der Waals surface area contributed by atoms with Crippen LogP contribution in [0, 0.1) is 6.92 Å². The molecule has 0 unspecified atom stereocenters. The molecule has 4 aromatic rings. The largest absolute Gasteiger partial charge is 0.449 e. The van der Waals surface area contributed by atoms with E-state index < -0.39 is 12.5 Å². The third-order valence-corrected chi connectivity index (χ3v) is 4.95. The molecule has 148 valence electrons. The van der Waals surface area contributed by atoms with E-state index in [0.717, 1.165) is 5.56 Å². The number of H-pyrrole nitrogens is 1. The van der Waals surface area contributed by atoms with E-state index >= 15 is 0 Å². The Morgan fingerprint density at radius 3 is 2.55 bits per heavy atom. The zero-order chi connectivity index (χ0) is 20.7. The van der Waals surface area contributed by atoms with Gasteiger partial charge in [0.2, 0.25) is 0 Å². The number of rotatable bonds is 3. The molecule has 2 aromatic carbocycles. The second-order valence-corrected chi connectivity index (χ2v) is 6.66. The van der Waals surface area contributed by atoms with Crippen molar-refractivity contribution in [1.29, 1.82) is 0 Å². The van der Waals surface area contributed by atoms with Crippen LogP contribution in [0.3, 0.4) is 0 Å². The number of benzene rings is 2. The maximum atomic E-state index is 13.3. The van der Waals surface area contributed by atoms with E-state index in [1.165, 1.54) is 22.8 Å². The molecule has 2 heterocycles. The zero-order valence-corrected chi connectivity index (χ0v) is 15.8. The van der Waals surface area contributed by atoms with Gasteiger partial charge in [0.25, 0.3) is 12.0 Å². The summed E-state index contributed by atoms with van der Waals surface area (Å²) >= 11 is 0. The van der Waals surface area contributed by atoms with Crippen molar-refractivity contribution >= 4 is 28.0 Å². The van der Waals surface area contributed by atoms with Gasteiger partial charge in [-0.15, -0.1) is 0 Å². The average Bonchev–Trinajstić information content (AvgIpc) is 3.02. The first-order chi connectivity index (χ1) is 13.9. The standard InChI is InChI=1S/C22H18F2N2O3/c1-3-29-22(28)26-16-10-9-14(20(23)24)11-15(16)18-19(26)17(12(2)21(27)25-18)13-7-5-4-6-8-13/h4-11,20H,3H2,1-2H3,(H,25,27). The summed E-state index contributed by atoms with van der Waals surface area (Å²) in [7, 11) is 0. The van der Waals surface area contributed by atoms with Gasteiger partial charge in [-0.1, -0.05) is 36.4 Å². The Balaban J connectivity index is 2.24. The summed E-state index contributed by atoms with van der Waals surface area (Å²) in [5.41, 5.74) is 2.33. The topological polar surface area (TPSA) is 64.1 Å². The first kappa shape index (κ1) is 18.9. The Hall–Kier alpha value is -3.48. The number of nitrogens with zero attached hydrogens (tertiary/aromatic N) is 1. The number of pyridine rings is 1. The van der Waals surface area contributed by atoms with E-state index in [1.54, 1.807) is 13.8 Å². The fraction of sp³-hybridized carbons (Fsp3) is 0.182. The van der Waals surface area contributed by atoms with Crippen molar-refractivity contribution in [1.82, 2.24) is 9.55 Å². The maximum Gasteiger partial charge on any atom is 0.419 e. The molecular formula is C22H18F2N2O3. The molecule has 0 saturated carbocycles. The minimum Gasteiger partial charge on any atom is -0.449 e. The van der Waals surface area contributed by atoms with E-state index in [9.17, 15) is 18.4 Å². The highest BCUT2D eigenvalue weighted by Crippen LogP contribution is 2.37. The molecule has 0 aliphatic carbocycles. The van der Waals surface area contributed by atoms with Crippen LogP contribution in [-0.4, -0.2) is 22.3 Å². The molecule has 0 fully saturated rings. The summed E-state index contributed by atoms with van der Waals surface area (Å²) in [6, 6.07) is 13.2. The van der Waals surface area contributed by atoms with E-state index in [-0.39, 0.29) is 17.7 Å². The van der Waals surface area contributed by atoms with Crippen LogP contribution >= 0.6 is 0 Å². The normalized spacial score (nSPS) is 11.5. The Bertz CT molecular complexity index is 1290. The molecule has 0 spiro atoms. The van der Waals surface area contributed by atoms with E-state index in [4.69, 9.17) is 4.74 Å². The molecule has 0 aliphatic rings. The molecule has 5 nitrogen and oxygen atoms in total. The van der Waals surface area contributed by atoms with Gasteiger partial charge in [-0.05, 0) is 31.5 Å². The third-order valence-electron chi connectivity index (χ3n) is 4.95. The Morgan fingerprint density at radius 2 is 1.90 bits per heavy atom. The molecule has 29 heavy (non-hydrogen) atoms. The second-order valence-electron chi connectivity index (χ2n) is 6.66. The highest BCUT2D eigenvalue weighted by atomic mass is 19.3. The number of ether oxygens (including phenoxy) is 1. The van der Waals surface area contributed by atoms with Crippen LogP contribution in [0.4, 0.5) is 13.6 Å². The number of hydrogen-bond donors (Lipinski definition) is 1. The number of aromatic amines is 1. The number of nitrogens with one attached hydrogen (secondary N) is 1. The van der Waals surface area contributed by atoms with Crippen molar-refractivity contribution in [3.05, 3.63) is 70.0 Å². The van der Waals surface area contributed by atoms with E-state index in [1.807, 2.05) is 30.3 Å². The number of fused-ring (bicyclic) bond motifs is 3. The summed E-state index contributed by atoms with van der Waals surface area (Å²) in [6.45, 7) is 3.50. The second kappa shape index (κ2) is 7.16. The van der Waals surface area contributed by atoms with Crippen LogP contribution in [-0.2, 0) is 4.74 Å². The van der Waals surface area contributed by atoms with Crippen molar-refractivity contribution < 1.29 is 18.3 Å². The minimum absolute atomic E-state index is 0.151. The van der Waals surface area contributed by atoms with E-state index in [2.05, 4.69) is 4.98 Å². The van der Waals surface area contributed by atoms with Crippen LogP contribution in [0.15, 0.2) is 53.3 Å². The molecular weight excluding hydrogens is 378 g/mol. The van der Waals surface area contributed by atoms with Crippen LogP contribution in [0.25, 0.3) is 33.1 Å². The summed E-state index contributed by atoms with van der Waals surface area (Å²) in [5, 5.41) is 0.361. The lowest BCUT2D eigenvalue weighted by Gasteiger charge is -2.12. The zero-order valence-electron chi connectivity index (χ0n) is 15.8. The highest BCUT2D eigenvalue weighted by Gasteiger charge is 2.24. The SMILES string of the molecule is CCOC(=O)n1c2ccc(C(F)F)cc2c2[nH]c(=O)c(C)c(-c3ccccc3)c21. The number of carbonyl (C=O) groups excluding carboxylic acids is 1. The lowest BCUT2D eigenvalue weighted by Crippen LogP contribution is -2.16. The summed E-state index contributed by atoms with van der Waals surface area (Å²) in [4.78, 5) is 28.3. The van der Waals surface area contributed by atoms with Crippen LogP contribution < -0.4 is 5.56 Å². The van der Waals surface area contributed by atoms with Gasteiger partial charge in [0.15, 0.2) is 0 Å². The van der Waals surface area contributed by atoms with Crippen LogP contribution in [0.5, 0.6) is 0 Å². The van der Waals surface area contributed by atoms with Gasteiger partial charge in [0.1, 0.15) is 0 Å². The van der Waals surface area contributed by atoms with Gasteiger partial charge in [-0.25, -0.2) is 18.1 Å². The van der Waals surface area contributed by atoms with Gasteiger partial charge in [-0.3, -0.25) is 4.79 Å². The number of aromatic nitrogens is 2. The molecule has 0 saturated heterocycles. The predicted octanol–water partition coefficient (Wildman–Crippen LogP) is 5.40. The number of halogens is 2. The van der Waals surface area contributed by atoms with Crippen LogP contribution in [0.2, 0.25) is 0 Å². The molecule has 0 aliphatic heterocycles. The summed E-state index contributed by atoms with van der Waals surface area (Å²) in [5.74, 6) is 0. The van der Waals surface area contributed by atoms with Crippen molar-refractivity contribution in [3.8, 4) is 11.1 Å². The smallest absolute Gasteiger partial charge is 0.419 e. The minimum atomic E-state index is -2.67. The molecule has 0 radical (unpaired) electrons. The third kappa shape index (κ3) is 2.99. The fourth-order valence-electron chi connectivity index (χ4n) is 3.64. The van der Waals surface area contributed by atoms with Crippen molar-refractivity contribution in [2.24, 2.45) is 0 Å². The van der Waals surface area contributed by atoms with E-state index in [0.29, 0.717) is 33.1 Å². The first-order valence-electron chi connectivity index (χ1n) is 9.15. The molecule has 0 atom stereocenters. The lowest BCUT2D eigenvalue weighted by molar-refractivity contribution is 0.151. The van der Waals surface area contributed by atoms with Crippen molar-refractivity contribution in [3.63, 3.8) is 0 Å². The predicted molar refractivity (Wildman–Crippen MR) is 108 cm³/mol. The molecule has 2 aromatic heterocycles. The highest BCUT2D eigenvalue weighted by molar-refractivity contribution is 6.15. The summed E-state index contributed by atoms with van der Waals surface area (Å²) < 4.78 is 33.2. The monoisotopic (exact) mass is 396 g/mol. The molecule has 0 amide bonds. The average molecular weight is 396 g/mol. The fourth-order valence-corrected chi connectivity index (χ4v) is 3.64. The Kier molecular flexibility index (Phi) is 4.66. The van der Waals surface area contributed by atoms with Crippen molar-refractivity contribution in [2.75, 3.05) is 6.61 Å². The lowest BCUT2D eigenvalue weighted by atomic mass is 10.00. The van der Waals surface area contributed by atoms with Gasteiger partial charge in [-0.2, -0.15) is 0 Å². The van der Waals surface area contributed by atoms with Gasteiger partial charge < -0.3 is 9.72 Å². The summed E-state index contributed by atoms with van der Waals surface area (Å²) in [6.07, 6.45) is -3.31. The number of carbonyl (C=O) groups is 1. The molecule has 0 bridgehead atoms. The van der Waals surface area contributed by atoms with Crippen LogP contribution in [0.1, 0.15) is 24.5 Å². The Morgan fingerprint density at radius 1 is 1.17 bits per heavy atom. The van der Waals surface area contributed by atoms with Gasteiger partial charge >= 0.3 is 6.09 Å². The Labute approximate surface area is 164 Å². The van der Waals surface area contributed by atoms with Gasteiger partial charge in [0, 0.05) is 22.1 Å². The van der Waals surface area contributed by atoms with Crippen molar-refractivity contribution in [2.45, 2.75) is 20.3 Å². The quantitative estimate of drug-likeness (QED) is 0.504. The molecule has 7 heteroatoms. The number of alkyl halides is 2. The number of hydrogen-bond acceptors (Lipinski definition) is 3.